The molecule has 0 atom stereocenters. The summed E-state index contributed by atoms with van der Waals surface area (Å²) in [6.45, 7) is 4.14. The first-order valence-electron chi connectivity index (χ1n) is 6.64. The zero-order valence-corrected chi connectivity index (χ0v) is 12.0. The van der Waals surface area contributed by atoms with Crippen molar-refractivity contribution in [1.82, 2.24) is 0 Å². The van der Waals surface area contributed by atoms with Crippen LogP contribution in [0.1, 0.15) is 18.9 Å². The number of halogens is 1. The van der Waals surface area contributed by atoms with Crippen LogP contribution in [0.15, 0.2) is 36.4 Å². The summed E-state index contributed by atoms with van der Waals surface area (Å²) in [4.78, 5) is 0. The van der Waals surface area contributed by atoms with E-state index in [0.717, 1.165) is 30.9 Å². The van der Waals surface area contributed by atoms with E-state index in [1.54, 1.807) is 0 Å². The highest BCUT2D eigenvalue weighted by Gasteiger charge is 2.07. The molecule has 0 spiro atoms. The van der Waals surface area contributed by atoms with E-state index in [1.165, 1.54) is 10.8 Å². The van der Waals surface area contributed by atoms with Crippen molar-refractivity contribution in [3.8, 4) is 5.75 Å². The molecular formula is C16H19ClO2. The third kappa shape index (κ3) is 3.62. The molecule has 0 aromatic heterocycles. The summed E-state index contributed by atoms with van der Waals surface area (Å²) in [5.74, 6) is 1.34. The van der Waals surface area contributed by atoms with Crippen molar-refractivity contribution in [1.29, 1.82) is 0 Å². The van der Waals surface area contributed by atoms with Crippen LogP contribution >= 0.6 is 11.6 Å². The van der Waals surface area contributed by atoms with E-state index in [0.29, 0.717) is 12.5 Å². The number of ether oxygens (including phenoxy) is 2. The highest BCUT2D eigenvalue weighted by molar-refractivity contribution is 6.18. The molecule has 0 saturated heterocycles. The minimum atomic E-state index is 0.460. The molecule has 0 bridgehead atoms. The summed E-state index contributed by atoms with van der Waals surface area (Å²) in [6.07, 6.45) is 0.891. The van der Waals surface area contributed by atoms with Gasteiger partial charge >= 0.3 is 0 Å². The van der Waals surface area contributed by atoms with Crippen LogP contribution in [0.3, 0.4) is 0 Å². The number of rotatable bonds is 7. The molecule has 2 aromatic rings. The maximum absolute atomic E-state index is 6.07. The van der Waals surface area contributed by atoms with Crippen molar-refractivity contribution >= 4 is 22.4 Å². The summed E-state index contributed by atoms with van der Waals surface area (Å²) in [5.41, 5.74) is 1.07. The van der Waals surface area contributed by atoms with Gasteiger partial charge in [-0.2, -0.15) is 0 Å². The summed E-state index contributed by atoms with van der Waals surface area (Å²) in [7, 11) is 0. The van der Waals surface area contributed by atoms with E-state index in [1.807, 2.05) is 25.1 Å². The second-order valence-electron chi connectivity index (χ2n) is 4.30. The lowest BCUT2D eigenvalue weighted by Gasteiger charge is -2.12. The highest BCUT2D eigenvalue weighted by Crippen LogP contribution is 2.29. The third-order valence-corrected chi connectivity index (χ3v) is 3.29. The average Bonchev–Trinajstić information content (AvgIpc) is 2.46. The van der Waals surface area contributed by atoms with E-state index in [9.17, 15) is 0 Å². The monoisotopic (exact) mass is 278 g/mol. The minimum absolute atomic E-state index is 0.460. The van der Waals surface area contributed by atoms with Crippen molar-refractivity contribution in [3.05, 3.63) is 42.0 Å². The molecule has 2 nitrogen and oxygen atoms in total. The molecule has 3 heteroatoms. The SMILES string of the molecule is CCOCCCOc1ccc2ccccc2c1CCl. The van der Waals surface area contributed by atoms with Crippen molar-refractivity contribution in [2.24, 2.45) is 0 Å². The van der Waals surface area contributed by atoms with Crippen LogP contribution in [0, 0.1) is 0 Å². The summed E-state index contributed by atoms with van der Waals surface area (Å²) < 4.78 is 11.1. The highest BCUT2D eigenvalue weighted by atomic mass is 35.5. The van der Waals surface area contributed by atoms with Gasteiger partial charge in [0.2, 0.25) is 0 Å². The third-order valence-electron chi connectivity index (χ3n) is 3.03. The smallest absolute Gasteiger partial charge is 0.124 e. The Bertz CT molecular complexity index is 525. The zero-order chi connectivity index (χ0) is 13.5. The van der Waals surface area contributed by atoms with E-state index in [-0.39, 0.29) is 0 Å². The quantitative estimate of drug-likeness (QED) is 0.553. The maximum atomic E-state index is 6.07. The molecule has 0 aliphatic carbocycles. The van der Waals surface area contributed by atoms with Crippen molar-refractivity contribution < 1.29 is 9.47 Å². The van der Waals surface area contributed by atoms with Gasteiger partial charge in [-0.15, -0.1) is 11.6 Å². The molecule has 2 rings (SSSR count). The Hall–Kier alpha value is -1.25. The lowest BCUT2D eigenvalue weighted by molar-refractivity contribution is 0.130. The first kappa shape index (κ1) is 14.2. The molecule has 19 heavy (non-hydrogen) atoms. The standard InChI is InChI=1S/C16H19ClO2/c1-2-18-10-5-11-19-16-9-8-13-6-3-4-7-14(13)15(16)12-17/h3-4,6-9H,2,5,10-12H2,1H3. The summed E-state index contributed by atoms with van der Waals surface area (Å²) in [6, 6.07) is 12.3. The Morgan fingerprint density at radius 3 is 2.68 bits per heavy atom. The second-order valence-corrected chi connectivity index (χ2v) is 4.56. The van der Waals surface area contributed by atoms with Crippen LogP contribution in [0.5, 0.6) is 5.75 Å². The largest absolute Gasteiger partial charge is 0.493 e. The molecule has 0 radical (unpaired) electrons. The molecule has 0 aliphatic heterocycles. The molecule has 0 fully saturated rings. The van der Waals surface area contributed by atoms with E-state index >= 15 is 0 Å². The van der Waals surface area contributed by atoms with Gasteiger partial charge in [0.05, 0.1) is 12.5 Å². The van der Waals surface area contributed by atoms with E-state index < -0.39 is 0 Å². The molecular weight excluding hydrogens is 260 g/mol. The molecule has 0 saturated carbocycles. The minimum Gasteiger partial charge on any atom is -0.493 e. The molecule has 0 heterocycles. The van der Waals surface area contributed by atoms with Gasteiger partial charge in [-0.1, -0.05) is 30.3 Å². The predicted octanol–water partition coefficient (Wildman–Crippen LogP) is 4.38. The number of hydrogen-bond donors (Lipinski definition) is 0. The molecule has 0 aliphatic rings. The Balaban J connectivity index is 2.10. The lowest BCUT2D eigenvalue weighted by Crippen LogP contribution is -2.04. The Morgan fingerprint density at radius 2 is 1.89 bits per heavy atom. The topological polar surface area (TPSA) is 18.5 Å². The molecule has 102 valence electrons. The molecule has 0 unspecified atom stereocenters. The fourth-order valence-electron chi connectivity index (χ4n) is 2.08. The lowest BCUT2D eigenvalue weighted by atomic mass is 10.0. The van der Waals surface area contributed by atoms with Crippen LogP contribution in [0.4, 0.5) is 0 Å². The van der Waals surface area contributed by atoms with Crippen LogP contribution in [0.25, 0.3) is 10.8 Å². The van der Waals surface area contributed by atoms with Gasteiger partial charge in [-0.05, 0) is 23.8 Å². The Kier molecular flexibility index (Phi) is 5.49. The van der Waals surface area contributed by atoms with Crippen LogP contribution in [-0.2, 0) is 10.6 Å². The van der Waals surface area contributed by atoms with Gasteiger partial charge in [-0.25, -0.2) is 0 Å². The number of benzene rings is 2. The number of alkyl halides is 1. The fourth-order valence-corrected chi connectivity index (χ4v) is 2.35. The summed E-state index contributed by atoms with van der Waals surface area (Å²) >= 11 is 6.07. The Labute approximate surface area is 119 Å². The van der Waals surface area contributed by atoms with Gasteiger partial charge in [0.1, 0.15) is 5.75 Å². The second kappa shape index (κ2) is 7.37. The first-order valence-corrected chi connectivity index (χ1v) is 7.17. The normalized spacial score (nSPS) is 10.8. The van der Waals surface area contributed by atoms with Crippen LogP contribution in [0.2, 0.25) is 0 Å². The number of fused-ring (bicyclic) bond motifs is 1. The van der Waals surface area contributed by atoms with Crippen molar-refractivity contribution in [2.75, 3.05) is 19.8 Å². The van der Waals surface area contributed by atoms with Gasteiger partial charge in [-0.3, -0.25) is 0 Å². The van der Waals surface area contributed by atoms with E-state index in [4.69, 9.17) is 21.1 Å². The average molecular weight is 279 g/mol. The zero-order valence-electron chi connectivity index (χ0n) is 11.2. The van der Waals surface area contributed by atoms with Gasteiger partial charge in [0, 0.05) is 25.2 Å². The molecule has 0 amide bonds. The van der Waals surface area contributed by atoms with Gasteiger partial charge < -0.3 is 9.47 Å². The van der Waals surface area contributed by atoms with Crippen LogP contribution in [-0.4, -0.2) is 19.8 Å². The van der Waals surface area contributed by atoms with Gasteiger partial charge in [0.15, 0.2) is 0 Å². The van der Waals surface area contributed by atoms with Gasteiger partial charge in [0.25, 0.3) is 0 Å². The molecule has 0 N–H and O–H groups in total. The van der Waals surface area contributed by atoms with E-state index in [2.05, 4.69) is 18.2 Å². The van der Waals surface area contributed by atoms with Crippen molar-refractivity contribution in [3.63, 3.8) is 0 Å². The van der Waals surface area contributed by atoms with Crippen LogP contribution < -0.4 is 4.74 Å². The fraction of sp³-hybridized carbons (Fsp3) is 0.375. The maximum Gasteiger partial charge on any atom is 0.124 e. The molecule has 2 aromatic carbocycles. The van der Waals surface area contributed by atoms with Crippen molar-refractivity contribution in [2.45, 2.75) is 19.2 Å². The Morgan fingerprint density at radius 1 is 1.05 bits per heavy atom. The first-order chi connectivity index (χ1) is 9.36. The predicted molar refractivity (Wildman–Crippen MR) is 80.1 cm³/mol. The summed E-state index contributed by atoms with van der Waals surface area (Å²) in [5, 5.41) is 2.36. The number of hydrogen-bond acceptors (Lipinski definition) is 2.